The van der Waals surface area contributed by atoms with E-state index in [2.05, 4.69) is 10.3 Å². The molecule has 7 heteroatoms. The Morgan fingerprint density at radius 3 is 2.55 bits per heavy atom. The first-order valence-electron chi connectivity index (χ1n) is 10.3. The molecule has 168 valence electrons. The number of aryl methyl sites for hydroxylation is 2. The zero-order valence-electron chi connectivity index (χ0n) is 18.0. The highest BCUT2D eigenvalue weighted by atomic mass is 35.5. The number of hydrogen-bond donors (Lipinski definition) is 1. The highest BCUT2D eigenvalue weighted by Crippen LogP contribution is 2.34. The first kappa shape index (κ1) is 23.2. The van der Waals surface area contributed by atoms with Gasteiger partial charge in [0, 0.05) is 21.6 Å². The smallest absolute Gasteiger partial charge is 0.290 e. The average Bonchev–Trinajstić information content (AvgIpc) is 2.78. The summed E-state index contributed by atoms with van der Waals surface area (Å²) in [5.41, 5.74) is 1.48. The van der Waals surface area contributed by atoms with Crippen molar-refractivity contribution in [3.63, 3.8) is 0 Å². The fourth-order valence-corrected chi connectivity index (χ4v) is 4.74. The summed E-state index contributed by atoms with van der Waals surface area (Å²) in [6.45, 7) is 2.66. The van der Waals surface area contributed by atoms with Crippen molar-refractivity contribution >= 4 is 40.0 Å². The van der Waals surface area contributed by atoms with E-state index in [9.17, 15) is 13.6 Å². The van der Waals surface area contributed by atoms with E-state index in [1.54, 1.807) is 19.1 Å². The number of amides is 1. The largest absolute Gasteiger partial charge is 0.346 e. The van der Waals surface area contributed by atoms with Crippen LogP contribution in [0.5, 0.6) is 0 Å². The summed E-state index contributed by atoms with van der Waals surface area (Å²) in [7, 11) is 0. The Labute approximate surface area is 200 Å². The van der Waals surface area contributed by atoms with Gasteiger partial charge in [0.05, 0.1) is 12.1 Å². The third kappa shape index (κ3) is 5.34. The molecular formula is C26H21ClF2N2OS. The van der Waals surface area contributed by atoms with E-state index in [4.69, 9.17) is 11.6 Å². The lowest BCUT2D eigenvalue weighted by Gasteiger charge is -2.20. The summed E-state index contributed by atoms with van der Waals surface area (Å²) >= 11 is 7.35. The Balaban J connectivity index is 1.55. The van der Waals surface area contributed by atoms with Crippen molar-refractivity contribution in [3.05, 3.63) is 100 Å². The number of alkyl halides is 2. The summed E-state index contributed by atoms with van der Waals surface area (Å²) in [5.74, 6) is -3.84. The van der Waals surface area contributed by atoms with E-state index in [-0.39, 0.29) is 16.3 Å². The number of pyridine rings is 1. The minimum absolute atomic E-state index is 0.105. The van der Waals surface area contributed by atoms with Crippen molar-refractivity contribution in [1.29, 1.82) is 0 Å². The normalized spacial score (nSPS) is 11.5. The molecule has 4 aromatic rings. The Morgan fingerprint density at radius 1 is 1.03 bits per heavy atom. The number of halogens is 3. The van der Waals surface area contributed by atoms with Crippen molar-refractivity contribution < 1.29 is 13.6 Å². The van der Waals surface area contributed by atoms with Crippen LogP contribution < -0.4 is 5.32 Å². The third-order valence-corrected chi connectivity index (χ3v) is 6.52. The predicted molar refractivity (Wildman–Crippen MR) is 129 cm³/mol. The molecule has 33 heavy (non-hydrogen) atoms. The number of carbonyl (C=O) groups excluding carboxylic acids is 1. The molecule has 0 spiro atoms. The summed E-state index contributed by atoms with van der Waals surface area (Å²) in [4.78, 5) is 18.4. The van der Waals surface area contributed by atoms with Crippen LogP contribution in [-0.2, 0) is 5.92 Å². The van der Waals surface area contributed by atoms with Crippen LogP contribution in [0.2, 0.25) is 5.15 Å². The summed E-state index contributed by atoms with van der Waals surface area (Å²) < 4.78 is 29.7. The number of fused-ring (bicyclic) bond motifs is 1. The van der Waals surface area contributed by atoms with Gasteiger partial charge in [-0.2, -0.15) is 8.78 Å². The topological polar surface area (TPSA) is 42.0 Å². The Kier molecular flexibility index (Phi) is 6.68. The second kappa shape index (κ2) is 9.49. The van der Waals surface area contributed by atoms with E-state index < -0.39 is 18.4 Å². The number of hydrogen-bond acceptors (Lipinski definition) is 3. The zero-order valence-corrected chi connectivity index (χ0v) is 19.6. The minimum Gasteiger partial charge on any atom is -0.346 e. The van der Waals surface area contributed by atoms with E-state index in [1.165, 1.54) is 30.1 Å². The second-order valence-electron chi connectivity index (χ2n) is 7.82. The monoisotopic (exact) mass is 482 g/mol. The van der Waals surface area contributed by atoms with Crippen molar-refractivity contribution in [3.8, 4) is 0 Å². The van der Waals surface area contributed by atoms with Crippen molar-refractivity contribution in [2.45, 2.75) is 29.6 Å². The quantitative estimate of drug-likeness (QED) is 0.296. The highest BCUT2D eigenvalue weighted by molar-refractivity contribution is 7.99. The van der Waals surface area contributed by atoms with E-state index in [0.717, 1.165) is 21.2 Å². The first-order valence-corrected chi connectivity index (χ1v) is 11.5. The average molecular weight is 483 g/mol. The van der Waals surface area contributed by atoms with Crippen LogP contribution in [0.4, 0.5) is 8.78 Å². The van der Waals surface area contributed by atoms with Gasteiger partial charge in [0.2, 0.25) is 0 Å². The fraction of sp³-hybridized carbons (Fsp3) is 0.154. The van der Waals surface area contributed by atoms with E-state index >= 15 is 0 Å². The lowest BCUT2D eigenvalue weighted by atomic mass is 10.00. The standard InChI is InChI=1S/C26H21ClF2N2OS/c1-16-7-10-22(17(2)11-16)26(28,29)15-31-25(32)21-13-24(27)30-14-23(21)33-20-9-8-18-5-3-4-6-19(18)12-20/h3-14H,15H2,1-2H3,(H,31,32). The van der Waals surface area contributed by atoms with Crippen LogP contribution in [0.25, 0.3) is 10.8 Å². The lowest BCUT2D eigenvalue weighted by molar-refractivity contribution is -0.00310. The minimum atomic E-state index is -3.21. The number of benzene rings is 3. The van der Waals surface area contributed by atoms with Gasteiger partial charge in [-0.15, -0.1) is 0 Å². The van der Waals surface area contributed by atoms with E-state index in [0.29, 0.717) is 10.5 Å². The molecule has 0 fully saturated rings. The molecule has 0 bridgehead atoms. The molecule has 1 heterocycles. The van der Waals surface area contributed by atoms with E-state index in [1.807, 2.05) is 49.4 Å². The Morgan fingerprint density at radius 2 is 1.79 bits per heavy atom. The third-order valence-electron chi connectivity index (χ3n) is 5.27. The summed E-state index contributed by atoms with van der Waals surface area (Å²) in [6, 6.07) is 20.0. The number of rotatable bonds is 6. The molecule has 1 N–H and O–H groups in total. The Bertz CT molecular complexity index is 1340. The molecule has 0 saturated heterocycles. The van der Waals surface area contributed by atoms with Gasteiger partial charge in [0.1, 0.15) is 5.15 Å². The molecule has 4 rings (SSSR count). The van der Waals surface area contributed by atoms with Gasteiger partial charge in [-0.25, -0.2) is 4.98 Å². The number of nitrogens with zero attached hydrogens (tertiary/aromatic N) is 1. The predicted octanol–water partition coefficient (Wildman–Crippen LogP) is 7.18. The summed E-state index contributed by atoms with van der Waals surface area (Å²) in [6.07, 6.45) is 1.49. The highest BCUT2D eigenvalue weighted by Gasteiger charge is 2.34. The fourth-order valence-electron chi connectivity index (χ4n) is 3.64. The lowest BCUT2D eigenvalue weighted by Crippen LogP contribution is -2.35. The van der Waals surface area contributed by atoms with Gasteiger partial charge in [-0.3, -0.25) is 4.79 Å². The van der Waals surface area contributed by atoms with Gasteiger partial charge in [0.15, 0.2) is 0 Å². The molecule has 0 aliphatic rings. The maximum atomic E-state index is 14.8. The molecule has 0 unspecified atom stereocenters. The number of nitrogens with one attached hydrogen (secondary N) is 1. The maximum Gasteiger partial charge on any atom is 0.290 e. The van der Waals surface area contributed by atoms with Crippen LogP contribution >= 0.6 is 23.4 Å². The molecular weight excluding hydrogens is 462 g/mol. The van der Waals surface area contributed by atoms with Gasteiger partial charge in [-0.05, 0) is 48.4 Å². The van der Waals surface area contributed by atoms with Crippen LogP contribution in [0.15, 0.2) is 82.7 Å². The molecule has 1 aromatic heterocycles. The van der Waals surface area contributed by atoms with Gasteiger partial charge in [-0.1, -0.05) is 77.5 Å². The molecule has 0 aliphatic carbocycles. The van der Waals surface area contributed by atoms with Crippen LogP contribution in [0.1, 0.15) is 27.0 Å². The molecule has 1 amide bonds. The van der Waals surface area contributed by atoms with Gasteiger partial charge in [0.25, 0.3) is 11.8 Å². The van der Waals surface area contributed by atoms with Gasteiger partial charge < -0.3 is 5.32 Å². The maximum absolute atomic E-state index is 14.8. The van der Waals surface area contributed by atoms with Gasteiger partial charge >= 0.3 is 0 Å². The zero-order chi connectivity index (χ0) is 23.6. The number of carbonyl (C=O) groups is 1. The van der Waals surface area contributed by atoms with Crippen LogP contribution in [-0.4, -0.2) is 17.4 Å². The second-order valence-corrected chi connectivity index (χ2v) is 9.32. The van der Waals surface area contributed by atoms with Crippen LogP contribution in [0.3, 0.4) is 0 Å². The molecule has 0 radical (unpaired) electrons. The summed E-state index contributed by atoms with van der Waals surface area (Å²) in [5, 5.41) is 4.65. The van der Waals surface area contributed by atoms with Crippen LogP contribution in [0, 0.1) is 13.8 Å². The SMILES string of the molecule is Cc1ccc(C(F)(F)CNC(=O)c2cc(Cl)ncc2Sc2ccc3ccccc3c2)c(C)c1. The first-order chi connectivity index (χ1) is 15.7. The molecule has 0 atom stereocenters. The molecule has 3 nitrogen and oxygen atoms in total. The Hall–Kier alpha value is -2.96. The number of aromatic nitrogens is 1. The molecule has 0 aliphatic heterocycles. The van der Waals surface area contributed by atoms with Crippen molar-refractivity contribution in [1.82, 2.24) is 10.3 Å². The van der Waals surface area contributed by atoms with Crippen molar-refractivity contribution in [2.75, 3.05) is 6.54 Å². The van der Waals surface area contributed by atoms with Crippen molar-refractivity contribution in [2.24, 2.45) is 0 Å². The molecule has 3 aromatic carbocycles. The molecule has 0 saturated carbocycles.